The van der Waals surface area contributed by atoms with Crippen LogP contribution in [0.15, 0.2) is 24.3 Å². The van der Waals surface area contributed by atoms with Crippen molar-refractivity contribution in [2.24, 2.45) is 11.8 Å². The summed E-state index contributed by atoms with van der Waals surface area (Å²) >= 11 is 0. The van der Waals surface area contributed by atoms with Crippen LogP contribution in [0.5, 0.6) is 5.75 Å². The molecule has 24 heavy (non-hydrogen) atoms. The SMILES string of the molecule is C[C@@H]1[C@H](C)CCC[C@H]1NC(=O)CCN1C(=O)COc2ccccc21. The van der Waals surface area contributed by atoms with Crippen LogP contribution in [0, 0.1) is 11.8 Å². The van der Waals surface area contributed by atoms with E-state index in [1.807, 2.05) is 24.3 Å². The first-order valence-electron chi connectivity index (χ1n) is 8.88. The Hall–Kier alpha value is -2.04. The predicted molar refractivity (Wildman–Crippen MR) is 93.0 cm³/mol. The molecule has 3 atom stereocenters. The van der Waals surface area contributed by atoms with Crippen molar-refractivity contribution in [1.82, 2.24) is 5.32 Å². The van der Waals surface area contributed by atoms with E-state index in [0.717, 1.165) is 12.1 Å². The standard InChI is InChI=1S/C19H26N2O3/c1-13-6-5-7-15(14(13)2)20-18(22)10-11-21-16-8-3-4-9-17(16)24-12-19(21)23/h3-4,8-9,13-15H,5-7,10-12H2,1-2H3,(H,20,22)/t13-,14-,15-/m1/s1. The Morgan fingerprint density at radius 3 is 2.92 bits per heavy atom. The van der Waals surface area contributed by atoms with Gasteiger partial charge in [0.1, 0.15) is 5.75 Å². The van der Waals surface area contributed by atoms with Crippen molar-refractivity contribution in [3.05, 3.63) is 24.3 Å². The van der Waals surface area contributed by atoms with Crippen LogP contribution in [0.2, 0.25) is 0 Å². The zero-order valence-electron chi connectivity index (χ0n) is 14.5. The molecule has 1 N–H and O–H groups in total. The molecule has 0 spiro atoms. The zero-order valence-corrected chi connectivity index (χ0v) is 14.5. The molecule has 2 amide bonds. The van der Waals surface area contributed by atoms with Crippen LogP contribution in [0.3, 0.4) is 0 Å². The number of nitrogens with one attached hydrogen (secondary N) is 1. The number of fused-ring (bicyclic) bond motifs is 1. The van der Waals surface area contributed by atoms with Gasteiger partial charge in [0.2, 0.25) is 5.91 Å². The van der Waals surface area contributed by atoms with Crippen molar-refractivity contribution in [1.29, 1.82) is 0 Å². The van der Waals surface area contributed by atoms with Gasteiger partial charge in [-0.1, -0.05) is 38.8 Å². The van der Waals surface area contributed by atoms with Crippen molar-refractivity contribution in [3.8, 4) is 5.75 Å². The molecule has 1 heterocycles. The zero-order chi connectivity index (χ0) is 17.1. The fourth-order valence-corrected chi connectivity index (χ4v) is 3.68. The van der Waals surface area contributed by atoms with E-state index >= 15 is 0 Å². The second kappa shape index (κ2) is 7.24. The molecule has 0 unspecified atom stereocenters. The third kappa shape index (κ3) is 3.55. The molecule has 3 rings (SSSR count). The van der Waals surface area contributed by atoms with Gasteiger partial charge >= 0.3 is 0 Å². The molecule has 0 bridgehead atoms. The number of hydrogen-bond donors (Lipinski definition) is 1. The average Bonchev–Trinajstić information content (AvgIpc) is 2.58. The minimum atomic E-state index is -0.0962. The molecule has 1 saturated carbocycles. The van der Waals surface area contributed by atoms with Crippen LogP contribution in [0.25, 0.3) is 0 Å². The van der Waals surface area contributed by atoms with Crippen LogP contribution >= 0.6 is 0 Å². The van der Waals surface area contributed by atoms with Crippen molar-refractivity contribution >= 4 is 17.5 Å². The molecule has 1 aromatic rings. The average molecular weight is 330 g/mol. The van der Waals surface area contributed by atoms with Crippen LogP contribution in [-0.2, 0) is 9.59 Å². The van der Waals surface area contributed by atoms with E-state index in [4.69, 9.17) is 4.74 Å². The molecule has 1 fully saturated rings. The highest BCUT2D eigenvalue weighted by Crippen LogP contribution is 2.32. The third-order valence-electron chi connectivity index (χ3n) is 5.42. The number of para-hydroxylation sites is 2. The Labute approximate surface area is 143 Å². The summed E-state index contributed by atoms with van der Waals surface area (Å²) in [6.45, 7) is 4.90. The molecular formula is C19H26N2O3. The molecule has 0 radical (unpaired) electrons. The highest BCUT2D eigenvalue weighted by Gasteiger charge is 2.29. The van der Waals surface area contributed by atoms with E-state index in [1.54, 1.807) is 4.90 Å². The van der Waals surface area contributed by atoms with Crippen LogP contribution in [0.1, 0.15) is 39.5 Å². The number of carbonyl (C=O) groups is 2. The number of ether oxygens (including phenoxy) is 1. The molecule has 1 aliphatic heterocycles. The molecule has 5 nitrogen and oxygen atoms in total. The first kappa shape index (κ1) is 16.8. The lowest BCUT2D eigenvalue weighted by molar-refractivity contribution is -0.123. The number of amides is 2. The molecule has 2 aliphatic rings. The van der Waals surface area contributed by atoms with Crippen molar-refractivity contribution in [2.75, 3.05) is 18.1 Å². The minimum absolute atomic E-state index is 0.0257. The van der Waals surface area contributed by atoms with Gasteiger partial charge in [0.25, 0.3) is 5.91 Å². The Balaban J connectivity index is 1.57. The lowest BCUT2D eigenvalue weighted by atomic mass is 9.78. The van der Waals surface area contributed by atoms with Gasteiger partial charge in [-0.05, 0) is 30.4 Å². The van der Waals surface area contributed by atoms with Crippen molar-refractivity contribution < 1.29 is 14.3 Å². The van der Waals surface area contributed by atoms with Gasteiger partial charge in [-0.2, -0.15) is 0 Å². The van der Waals surface area contributed by atoms with Gasteiger partial charge in [0.05, 0.1) is 5.69 Å². The number of benzene rings is 1. The number of carbonyl (C=O) groups excluding carboxylic acids is 2. The lowest BCUT2D eigenvalue weighted by Gasteiger charge is -2.35. The maximum atomic E-state index is 12.3. The number of nitrogens with zero attached hydrogens (tertiary/aromatic N) is 1. The van der Waals surface area contributed by atoms with Gasteiger partial charge in [0, 0.05) is 19.0 Å². The van der Waals surface area contributed by atoms with Gasteiger partial charge in [-0.25, -0.2) is 0 Å². The topological polar surface area (TPSA) is 58.6 Å². The summed E-state index contributed by atoms with van der Waals surface area (Å²) in [5.41, 5.74) is 0.751. The summed E-state index contributed by atoms with van der Waals surface area (Å²) in [4.78, 5) is 26.1. The number of anilines is 1. The summed E-state index contributed by atoms with van der Waals surface area (Å²) in [5.74, 6) is 1.79. The highest BCUT2D eigenvalue weighted by atomic mass is 16.5. The van der Waals surface area contributed by atoms with E-state index in [-0.39, 0.29) is 24.5 Å². The smallest absolute Gasteiger partial charge is 0.265 e. The van der Waals surface area contributed by atoms with Gasteiger partial charge in [-0.3, -0.25) is 9.59 Å². The monoisotopic (exact) mass is 330 g/mol. The molecule has 0 saturated heterocycles. The maximum Gasteiger partial charge on any atom is 0.265 e. The lowest BCUT2D eigenvalue weighted by Crippen LogP contribution is -2.45. The third-order valence-corrected chi connectivity index (χ3v) is 5.42. The van der Waals surface area contributed by atoms with Crippen molar-refractivity contribution in [3.63, 3.8) is 0 Å². The minimum Gasteiger partial charge on any atom is -0.482 e. The van der Waals surface area contributed by atoms with E-state index in [0.29, 0.717) is 30.6 Å². The largest absolute Gasteiger partial charge is 0.482 e. The molecule has 1 aliphatic carbocycles. The summed E-state index contributed by atoms with van der Waals surface area (Å²) in [6.07, 6.45) is 3.78. The summed E-state index contributed by atoms with van der Waals surface area (Å²) in [7, 11) is 0. The molecule has 130 valence electrons. The van der Waals surface area contributed by atoms with E-state index in [1.165, 1.54) is 12.8 Å². The van der Waals surface area contributed by atoms with E-state index < -0.39 is 0 Å². The highest BCUT2D eigenvalue weighted by molar-refractivity contribution is 5.98. The molecule has 1 aromatic carbocycles. The van der Waals surface area contributed by atoms with Crippen molar-refractivity contribution in [2.45, 2.75) is 45.6 Å². The number of hydrogen-bond acceptors (Lipinski definition) is 3. The van der Waals surface area contributed by atoms with Gasteiger partial charge < -0.3 is 15.0 Å². The van der Waals surface area contributed by atoms with Crippen LogP contribution in [-0.4, -0.2) is 31.0 Å². The van der Waals surface area contributed by atoms with E-state index in [9.17, 15) is 9.59 Å². The van der Waals surface area contributed by atoms with Crippen LogP contribution < -0.4 is 15.0 Å². The Morgan fingerprint density at radius 1 is 1.29 bits per heavy atom. The molecule has 5 heteroatoms. The fourth-order valence-electron chi connectivity index (χ4n) is 3.68. The number of rotatable bonds is 4. The quantitative estimate of drug-likeness (QED) is 0.923. The first-order chi connectivity index (χ1) is 11.6. The summed E-state index contributed by atoms with van der Waals surface area (Å²) in [6, 6.07) is 7.72. The normalized spacial score (nSPS) is 26.5. The summed E-state index contributed by atoms with van der Waals surface area (Å²) < 4.78 is 5.43. The van der Waals surface area contributed by atoms with Gasteiger partial charge in [-0.15, -0.1) is 0 Å². The second-order valence-electron chi connectivity index (χ2n) is 6.99. The second-order valence-corrected chi connectivity index (χ2v) is 6.99. The maximum absolute atomic E-state index is 12.3. The van der Waals surface area contributed by atoms with Gasteiger partial charge in [0.15, 0.2) is 6.61 Å². The summed E-state index contributed by atoms with van der Waals surface area (Å²) in [5, 5.41) is 3.17. The molecular weight excluding hydrogens is 304 g/mol. The molecule has 0 aromatic heterocycles. The van der Waals surface area contributed by atoms with E-state index in [2.05, 4.69) is 19.2 Å². The fraction of sp³-hybridized carbons (Fsp3) is 0.579. The van der Waals surface area contributed by atoms with Crippen LogP contribution in [0.4, 0.5) is 5.69 Å². The Morgan fingerprint density at radius 2 is 2.08 bits per heavy atom. The Kier molecular flexibility index (Phi) is 5.07. The first-order valence-corrected chi connectivity index (χ1v) is 8.88. The Bertz CT molecular complexity index is 616. The predicted octanol–water partition coefficient (Wildman–Crippen LogP) is 2.74.